The summed E-state index contributed by atoms with van der Waals surface area (Å²) >= 11 is 0. The van der Waals surface area contributed by atoms with E-state index in [0.29, 0.717) is 83.3 Å². The molecule has 4 aliphatic rings. The molecule has 4 atom stereocenters. The standard InChI is InChI=1S/C45H52N8O8/c1-27-23-37(53(26-27)43(55)39(51-45(57)59-3)32-16-21-61-22-17-32)40-46-25-35(49-40)30-11-8-28(9-12-30)6-7-29-10-13-33-34(24-29)48-41(47-33)36-5-4-18-52(36)42(54)38(50-44(56)58-2)31-14-19-60-20-15-31/h8-13,24-25,31-32,36-39H,1,4-5,14-23,26H2,2-3H3,(H,46,49)(H,47,48)(H,50,56)(H,51,57)/t36-,37-,38-,39-/m0/s1. The fraction of sp³-hybridized carbons (Fsp3) is 0.467. The largest absolute Gasteiger partial charge is 0.453 e. The number of carbonyl (C=O) groups is 4. The summed E-state index contributed by atoms with van der Waals surface area (Å²) in [6.07, 6.45) is 5.33. The SMILES string of the molecule is C=C1C[C@@H](c2ncc(-c3ccc(C#Cc4ccc5nc([C@@H]6CCCN6C(=O)[C@@H](NC(=O)OC)C6CCOCC6)[nH]c5c4)cc3)[nH]2)N(C(=O)[C@@H](NC(=O)OC)C2CCOCC2)C1. The van der Waals surface area contributed by atoms with Gasteiger partial charge in [-0.05, 0) is 92.7 Å². The molecule has 0 aliphatic carbocycles. The Bertz CT molecular complexity index is 2320. The summed E-state index contributed by atoms with van der Waals surface area (Å²) in [5.74, 6) is 7.46. The third kappa shape index (κ3) is 9.28. The van der Waals surface area contributed by atoms with Crippen LogP contribution in [0.15, 0.2) is 60.8 Å². The molecule has 0 spiro atoms. The van der Waals surface area contributed by atoms with Crippen LogP contribution in [0.2, 0.25) is 0 Å². The van der Waals surface area contributed by atoms with Gasteiger partial charge in [0.2, 0.25) is 11.8 Å². The third-order valence-corrected chi connectivity index (χ3v) is 12.3. The van der Waals surface area contributed by atoms with Gasteiger partial charge in [0.05, 0.1) is 49.2 Å². The van der Waals surface area contributed by atoms with Gasteiger partial charge in [0, 0.05) is 50.6 Å². The van der Waals surface area contributed by atoms with Crippen LogP contribution in [0.1, 0.15) is 79.8 Å². The number of carbonyl (C=O) groups excluding carboxylic acids is 4. The highest BCUT2D eigenvalue weighted by atomic mass is 16.5. The van der Waals surface area contributed by atoms with E-state index in [0.717, 1.165) is 51.8 Å². The number of H-pyrrole nitrogens is 2. The Labute approximate surface area is 354 Å². The third-order valence-electron chi connectivity index (χ3n) is 12.3. The van der Waals surface area contributed by atoms with Crippen LogP contribution in [0.5, 0.6) is 0 Å². The van der Waals surface area contributed by atoms with Gasteiger partial charge in [-0.3, -0.25) is 9.59 Å². The number of hydrogen-bond acceptors (Lipinski definition) is 10. The topological polar surface area (TPSA) is 193 Å². The number of nitrogens with one attached hydrogen (secondary N) is 4. The van der Waals surface area contributed by atoms with E-state index < -0.39 is 24.3 Å². The molecule has 4 amide bonds. The molecule has 4 aliphatic heterocycles. The maximum atomic E-state index is 14.0. The van der Waals surface area contributed by atoms with Gasteiger partial charge in [-0.2, -0.15) is 0 Å². The lowest BCUT2D eigenvalue weighted by Crippen LogP contribution is -2.53. The van der Waals surface area contributed by atoms with Crippen molar-refractivity contribution in [1.82, 2.24) is 40.4 Å². The van der Waals surface area contributed by atoms with Gasteiger partial charge in [0.1, 0.15) is 23.7 Å². The van der Waals surface area contributed by atoms with Crippen molar-refractivity contribution in [3.63, 3.8) is 0 Å². The number of alkyl carbamates (subject to hydrolysis) is 2. The molecule has 2 aromatic heterocycles. The molecule has 0 unspecified atom stereocenters. The first kappa shape index (κ1) is 41.5. The lowest BCUT2D eigenvalue weighted by Gasteiger charge is -2.34. The zero-order valence-corrected chi connectivity index (χ0v) is 34.5. The molecule has 16 heteroatoms. The molecule has 16 nitrogen and oxygen atoms in total. The highest BCUT2D eigenvalue weighted by Gasteiger charge is 2.42. The molecular weight excluding hydrogens is 781 g/mol. The molecule has 4 N–H and O–H groups in total. The van der Waals surface area contributed by atoms with Crippen molar-refractivity contribution in [2.24, 2.45) is 11.8 Å². The molecule has 2 aromatic carbocycles. The predicted molar refractivity (Wildman–Crippen MR) is 224 cm³/mol. The van der Waals surface area contributed by atoms with E-state index in [1.807, 2.05) is 47.4 Å². The van der Waals surface area contributed by atoms with Crippen molar-refractivity contribution in [2.75, 3.05) is 53.7 Å². The molecule has 0 radical (unpaired) electrons. The Hall–Kier alpha value is -6.18. The van der Waals surface area contributed by atoms with Crippen LogP contribution < -0.4 is 10.6 Å². The summed E-state index contributed by atoms with van der Waals surface area (Å²) in [6.45, 7) is 7.29. The van der Waals surface area contributed by atoms with Gasteiger partial charge in [0.15, 0.2) is 0 Å². The highest BCUT2D eigenvalue weighted by Crippen LogP contribution is 2.37. The van der Waals surface area contributed by atoms with E-state index in [9.17, 15) is 19.2 Å². The average Bonchev–Trinajstić information content (AvgIpc) is 4.13. The molecule has 61 heavy (non-hydrogen) atoms. The van der Waals surface area contributed by atoms with Gasteiger partial charge >= 0.3 is 12.2 Å². The maximum absolute atomic E-state index is 14.0. The number of benzene rings is 2. The van der Waals surface area contributed by atoms with E-state index in [4.69, 9.17) is 28.9 Å². The Morgan fingerprint density at radius 2 is 1.39 bits per heavy atom. The Kier molecular flexibility index (Phi) is 12.7. The van der Waals surface area contributed by atoms with Crippen LogP contribution in [0, 0.1) is 23.7 Å². The molecule has 8 rings (SSSR count). The first-order valence-corrected chi connectivity index (χ1v) is 21.0. The summed E-state index contributed by atoms with van der Waals surface area (Å²) in [6, 6.07) is 11.6. The highest BCUT2D eigenvalue weighted by molar-refractivity contribution is 5.88. The number of rotatable bonds is 9. The van der Waals surface area contributed by atoms with Crippen molar-refractivity contribution >= 4 is 35.0 Å². The van der Waals surface area contributed by atoms with Crippen LogP contribution in [-0.4, -0.2) is 120 Å². The number of nitrogens with zero attached hydrogens (tertiary/aromatic N) is 4. The minimum absolute atomic E-state index is 0.0402. The summed E-state index contributed by atoms with van der Waals surface area (Å²) < 4.78 is 20.8. The number of aromatic nitrogens is 4. The van der Waals surface area contributed by atoms with Crippen molar-refractivity contribution < 1.29 is 38.1 Å². The molecular formula is C45H52N8O8. The quantitative estimate of drug-likeness (QED) is 0.130. The van der Waals surface area contributed by atoms with Crippen molar-refractivity contribution in [3.05, 3.63) is 83.6 Å². The fourth-order valence-electron chi connectivity index (χ4n) is 8.97. The normalized spacial score (nSPS) is 20.8. The van der Waals surface area contributed by atoms with Gasteiger partial charge in [-0.1, -0.05) is 36.1 Å². The lowest BCUT2D eigenvalue weighted by atomic mass is 9.90. The van der Waals surface area contributed by atoms with Gasteiger partial charge in [-0.25, -0.2) is 19.6 Å². The van der Waals surface area contributed by atoms with Gasteiger partial charge in [0.25, 0.3) is 0 Å². The van der Waals surface area contributed by atoms with Crippen LogP contribution in [-0.2, 0) is 28.5 Å². The summed E-state index contributed by atoms with van der Waals surface area (Å²) in [5, 5.41) is 5.59. The molecule has 6 heterocycles. The van der Waals surface area contributed by atoms with Crippen molar-refractivity contribution in [2.45, 2.75) is 69.1 Å². The second-order valence-electron chi connectivity index (χ2n) is 16.1. The van der Waals surface area contributed by atoms with Crippen molar-refractivity contribution in [3.8, 4) is 23.1 Å². The zero-order valence-electron chi connectivity index (χ0n) is 34.5. The van der Waals surface area contributed by atoms with Gasteiger partial charge in [-0.15, -0.1) is 0 Å². The molecule has 0 saturated carbocycles. The van der Waals surface area contributed by atoms with E-state index >= 15 is 0 Å². The van der Waals surface area contributed by atoms with Crippen LogP contribution in [0.25, 0.3) is 22.3 Å². The van der Waals surface area contributed by atoms with E-state index in [-0.39, 0.29) is 35.7 Å². The molecule has 4 saturated heterocycles. The molecule has 0 bridgehead atoms. The zero-order chi connectivity index (χ0) is 42.5. The smallest absolute Gasteiger partial charge is 0.407 e. The molecule has 4 aromatic rings. The average molecular weight is 833 g/mol. The Morgan fingerprint density at radius 1 is 0.787 bits per heavy atom. The first-order chi connectivity index (χ1) is 29.7. The Morgan fingerprint density at radius 3 is 2.03 bits per heavy atom. The molecule has 320 valence electrons. The lowest BCUT2D eigenvalue weighted by molar-refractivity contribution is -0.137. The van der Waals surface area contributed by atoms with Crippen LogP contribution in [0.3, 0.4) is 0 Å². The number of imidazole rings is 2. The van der Waals surface area contributed by atoms with Crippen LogP contribution >= 0.6 is 0 Å². The molecule has 4 fully saturated rings. The van der Waals surface area contributed by atoms with E-state index in [1.54, 1.807) is 11.1 Å². The Balaban J connectivity index is 0.935. The number of aromatic amines is 2. The second kappa shape index (κ2) is 18.6. The van der Waals surface area contributed by atoms with E-state index in [1.165, 1.54) is 14.2 Å². The summed E-state index contributed by atoms with van der Waals surface area (Å²) in [4.78, 5) is 72.6. The minimum Gasteiger partial charge on any atom is -0.453 e. The second-order valence-corrected chi connectivity index (χ2v) is 16.1. The van der Waals surface area contributed by atoms with Crippen molar-refractivity contribution in [1.29, 1.82) is 0 Å². The number of methoxy groups -OCH3 is 2. The van der Waals surface area contributed by atoms with Crippen LogP contribution in [0.4, 0.5) is 9.59 Å². The predicted octanol–water partition coefficient (Wildman–Crippen LogP) is 5.15. The fourth-order valence-corrected chi connectivity index (χ4v) is 8.97. The number of ether oxygens (including phenoxy) is 4. The first-order valence-electron chi connectivity index (χ1n) is 21.0. The maximum Gasteiger partial charge on any atom is 0.407 e. The number of amides is 4. The number of hydrogen-bond donors (Lipinski definition) is 4. The summed E-state index contributed by atoms with van der Waals surface area (Å²) in [7, 11) is 2.59. The van der Waals surface area contributed by atoms with E-state index in [2.05, 4.69) is 39.0 Å². The monoisotopic (exact) mass is 832 g/mol. The summed E-state index contributed by atoms with van der Waals surface area (Å²) in [5.41, 5.74) is 5.87. The minimum atomic E-state index is -0.744. The van der Waals surface area contributed by atoms with Gasteiger partial charge < -0.3 is 49.3 Å². The number of likely N-dealkylation sites (tertiary alicyclic amines) is 2. The number of fused-ring (bicyclic) bond motifs is 1.